The molecule has 0 atom stereocenters. The van der Waals surface area contributed by atoms with Gasteiger partial charge in [0.2, 0.25) is 10.0 Å². The Morgan fingerprint density at radius 2 is 1.89 bits per heavy atom. The van der Waals surface area contributed by atoms with Gasteiger partial charge in [0.05, 0.1) is 7.11 Å². The Kier molecular flexibility index (Phi) is 4.95. The van der Waals surface area contributed by atoms with E-state index in [1.807, 2.05) is 13.8 Å². The number of benzene rings is 1. The van der Waals surface area contributed by atoms with Gasteiger partial charge in [-0.2, -0.15) is 0 Å². The molecule has 0 spiro atoms. The number of rotatable bonds is 6. The third-order valence-corrected chi connectivity index (χ3v) is 4.80. The van der Waals surface area contributed by atoms with Gasteiger partial charge >= 0.3 is 0 Å². The number of nitrogens with zero attached hydrogens (tertiary/aromatic N) is 1. The quantitative estimate of drug-likeness (QED) is 0.855. The second kappa shape index (κ2) is 5.90. The summed E-state index contributed by atoms with van der Waals surface area (Å²) >= 11 is 0. The summed E-state index contributed by atoms with van der Waals surface area (Å²) in [6.45, 7) is 4.63. The first kappa shape index (κ1) is 15.9. The van der Waals surface area contributed by atoms with Crippen molar-refractivity contribution in [1.29, 1.82) is 0 Å². The lowest BCUT2D eigenvalue weighted by Gasteiger charge is -2.28. The summed E-state index contributed by atoms with van der Waals surface area (Å²) in [5.74, 6) is 0.347. The van der Waals surface area contributed by atoms with Gasteiger partial charge in [-0.3, -0.25) is 0 Å². The van der Waals surface area contributed by atoms with Crippen LogP contribution in [0.4, 0.5) is 0 Å². The number of ether oxygens (including phenoxy) is 1. The number of para-hydroxylation sites is 1. The molecule has 1 aromatic rings. The van der Waals surface area contributed by atoms with Crippen LogP contribution in [0.15, 0.2) is 29.2 Å². The fraction of sp³-hybridized carbons (Fsp3) is 0.538. The first-order valence-electron chi connectivity index (χ1n) is 6.04. The highest BCUT2D eigenvalue weighted by Crippen LogP contribution is 2.27. The Bertz CT molecular complexity index is 526. The SMILES string of the molecule is COc1ccccc1S(=O)(=O)N(C)CC(C)(C)CN. The molecule has 5 nitrogen and oxygen atoms in total. The van der Waals surface area contributed by atoms with Crippen molar-refractivity contribution < 1.29 is 13.2 Å². The smallest absolute Gasteiger partial charge is 0.246 e. The van der Waals surface area contributed by atoms with Gasteiger partial charge in [-0.15, -0.1) is 0 Å². The molecular formula is C13H22N2O3S. The number of sulfonamides is 1. The van der Waals surface area contributed by atoms with E-state index in [0.717, 1.165) is 0 Å². The third kappa shape index (κ3) is 3.68. The van der Waals surface area contributed by atoms with Gasteiger partial charge in [0.25, 0.3) is 0 Å². The summed E-state index contributed by atoms with van der Waals surface area (Å²) in [6, 6.07) is 6.59. The largest absolute Gasteiger partial charge is 0.495 e. The summed E-state index contributed by atoms with van der Waals surface area (Å²) < 4.78 is 31.4. The predicted molar refractivity (Wildman–Crippen MR) is 75.6 cm³/mol. The molecule has 0 aliphatic heterocycles. The monoisotopic (exact) mass is 286 g/mol. The molecule has 108 valence electrons. The van der Waals surface area contributed by atoms with Crippen LogP contribution in [0.5, 0.6) is 5.75 Å². The van der Waals surface area contributed by atoms with Crippen LogP contribution in [0.1, 0.15) is 13.8 Å². The van der Waals surface area contributed by atoms with E-state index in [1.54, 1.807) is 31.3 Å². The third-order valence-electron chi connectivity index (χ3n) is 2.96. The molecule has 0 bridgehead atoms. The second-order valence-electron chi connectivity index (χ2n) is 5.28. The zero-order valence-corrected chi connectivity index (χ0v) is 12.7. The van der Waals surface area contributed by atoms with E-state index in [-0.39, 0.29) is 10.3 Å². The highest BCUT2D eigenvalue weighted by molar-refractivity contribution is 7.89. The highest BCUT2D eigenvalue weighted by Gasteiger charge is 2.29. The van der Waals surface area contributed by atoms with Gasteiger partial charge in [-0.05, 0) is 24.1 Å². The summed E-state index contributed by atoms with van der Waals surface area (Å²) in [5, 5.41) is 0. The molecule has 0 radical (unpaired) electrons. The zero-order valence-electron chi connectivity index (χ0n) is 11.9. The summed E-state index contributed by atoms with van der Waals surface area (Å²) in [6.07, 6.45) is 0. The van der Waals surface area contributed by atoms with E-state index in [4.69, 9.17) is 10.5 Å². The van der Waals surface area contributed by atoms with Gasteiger partial charge < -0.3 is 10.5 Å². The van der Waals surface area contributed by atoms with Crippen molar-refractivity contribution in [2.24, 2.45) is 11.1 Å². The van der Waals surface area contributed by atoms with E-state index in [1.165, 1.54) is 11.4 Å². The minimum Gasteiger partial charge on any atom is -0.495 e. The molecule has 0 fully saturated rings. The maximum Gasteiger partial charge on any atom is 0.246 e. The maximum atomic E-state index is 12.5. The van der Waals surface area contributed by atoms with Crippen LogP contribution in [0.2, 0.25) is 0 Å². The van der Waals surface area contributed by atoms with Crippen LogP contribution in [0.3, 0.4) is 0 Å². The molecule has 0 heterocycles. The zero-order chi connectivity index (χ0) is 14.7. The van der Waals surface area contributed by atoms with Crippen molar-refractivity contribution >= 4 is 10.0 Å². The fourth-order valence-electron chi connectivity index (χ4n) is 1.75. The van der Waals surface area contributed by atoms with E-state index >= 15 is 0 Å². The Morgan fingerprint density at radius 3 is 2.42 bits per heavy atom. The molecular weight excluding hydrogens is 264 g/mol. The van der Waals surface area contributed by atoms with Crippen LogP contribution in [-0.4, -0.2) is 40.0 Å². The average Bonchev–Trinajstić information content (AvgIpc) is 2.38. The second-order valence-corrected chi connectivity index (χ2v) is 7.29. The van der Waals surface area contributed by atoms with Crippen molar-refractivity contribution in [3.05, 3.63) is 24.3 Å². The van der Waals surface area contributed by atoms with Gasteiger partial charge in [0, 0.05) is 13.6 Å². The van der Waals surface area contributed by atoms with E-state index in [9.17, 15) is 8.42 Å². The topological polar surface area (TPSA) is 72.6 Å². The standard InChI is InChI=1S/C13H22N2O3S/c1-13(2,9-14)10-15(3)19(16,17)12-8-6-5-7-11(12)18-4/h5-8H,9-10,14H2,1-4H3. The van der Waals surface area contributed by atoms with Gasteiger partial charge in [-0.1, -0.05) is 26.0 Å². The summed E-state index contributed by atoms with van der Waals surface area (Å²) in [4.78, 5) is 0.174. The lowest BCUT2D eigenvalue weighted by atomic mass is 9.94. The average molecular weight is 286 g/mol. The maximum absolute atomic E-state index is 12.5. The number of hydrogen-bond donors (Lipinski definition) is 1. The molecule has 1 aromatic carbocycles. The van der Waals surface area contributed by atoms with Crippen molar-refractivity contribution in [3.8, 4) is 5.75 Å². The van der Waals surface area contributed by atoms with Crippen molar-refractivity contribution in [3.63, 3.8) is 0 Å². The summed E-state index contributed by atoms with van der Waals surface area (Å²) in [7, 11) is -0.561. The van der Waals surface area contributed by atoms with Crippen LogP contribution in [0, 0.1) is 5.41 Å². The molecule has 0 aliphatic carbocycles. The molecule has 0 saturated carbocycles. The number of hydrogen-bond acceptors (Lipinski definition) is 4. The molecule has 0 aromatic heterocycles. The van der Waals surface area contributed by atoms with Crippen molar-refractivity contribution in [2.45, 2.75) is 18.7 Å². The van der Waals surface area contributed by atoms with Crippen molar-refractivity contribution in [2.75, 3.05) is 27.2 Å². The minimum absolute atomic E-state index is 0.174. The number of methoxy groups -OCH3 is 1. The lowest BCUT2D eigenvalue weighted by Crippen LogP contribution is -2.39. The Morgan fingerprint density at radius 1 is 1.32 bits per heavy atom. The predicted octanol–water partition coefficient (Wildman–Crippen LogP) is 1.30. The molecule has 2 N–H and O–H groups in total. The van der Waals surface area contributed by atoms with Crippen LogP contribution >= 0.6 is 0 Å². The Labute approximate surface area is 115 Å². The highest BCUT2D eigenvalue weighted by atomic mass is 32.2. The molecule has 19 heavy (non-hydrogen) atoms. The Hall–Kier alpha value is -1.11. The lowest BCUT2D eigenvalue weighted by molar-refractivity contribution is 0.291. The molecule has 1 rings (SSSR count). The van der Waals surface area contributed by atoms with E-state index in [2.05, 4.69) is 0 Å². The first-order valence-corrected chi connectivity index (χ1v) is 7.48. The molecule has 0 aliphatic rings. The van der Waals surface area contributed by atoms with E-state index in [0.29, 0.717) is 18.8 Å². The minimum atomic E-state index is -3.57. The molecule has 6 heteroatoms. The molecule has 0 amide bonds. The Balaban J connectivity index is 3.10. The van der Waals surface area contributed by atoms with Gasteiger partial charge in [-0.25, -0.2) is 12.7 Å². The van der Waals surface area contributed by atoms with Crippen LogP contribution < -0.4 is 10.5 Å². The number of nitrogens with two attached hydrogens (primary N) is 1. The summed E-state index contributed by atoms with van der Waals surface area (Å²) in [5.41, 5.74) is 5.37. The molecule has 0 saturated heterocycles. The first-order chi connectivity index (χ1) is 8.74. The van der Waals surface area contributed by atoms with Gasteiger partial charge in [0.15, 0.2) is 0 Å². The van der Waals surface area contributed by atoms with Crippen molar-refractivity contribution in [1.82, 2.24) is 4.31 Å². The van der Waals surface area contributed by atoms with E-state index < -0.39 is 10.0 Å². The fourth-order valence-corrected chi connectivity index (χ4v) is 3.26. The molecule has 0 unspecified atom stereocenters. The van der Waals surface area contributed by atoms with Crippen LogP contribution in [0.25, 0.3) is 0 Å². The van der Waals surface area contributed by atoms with Gasteiger partial charge in [0.1, 0.15) is 10.6 Å². The van der Waals surface area contributed by atoms with Crippen LogP contribution in [-0.2, 0) is 10.0 Å². The normalized spacial score (nSPS) is 12.7.